The molecule has 3 atom stereocenters. The summed E-state index contributed by atoms with van der Waals surface area (Å²) in [5.74, 6) is -3.46. The molecule has 0 unspecified atom stereocenters. The van der Waals surface area contributed by atoms with Crippen LogP contribution in [0, 0.1) is 5.92 Å². The van der Waals surface area contributed by atoms with Crippen molar-refractivity contribution in [3.05, 3.63) is 71.4 Å². The Labute approximate surface area is 432 Å². The molecule has 6 amide bonds. The maximum absolute atomic E-state index is 13.2. The fraction of sp³-hybridized carbons (Fsp3) is 0.569. The van der Waals surface area contributed by atoms with E-state index in [9.17, 15) is 48.7 Å². The van der Waals surface area contributed by atoms with Crippen LogP contribution in [0.3, 0.4) is 0 Å². The third-order valence-corrected chi connectivity index (χ3v) is 12.0. The van der Waals surface area contributed by atoms with Crippen molar-refractivity contribution in [2.24, 2.45) is 11.7 Å². The first-order valence-electron chi connectivity index (χ1n) is 25.5. The van der Waals surface area contributed by atoms with E-state index >= 15 is 0 Å². The molecule has 0 bridgehead atoms. The van der Waals surface area contributed by atoms with Crippen molar-refractivity contribution in [2.75, 3.05) is 79.0 Å². The number of nitrogens with one attached hydrogen (secondary N) is 5. The van der Waals surface area contributed by atoms with Gasteiger partial charge in [-0.2, -0.15) is 0 Å². The van der Waals surface area contributed by atoms with Crippen molar-refractivity contribution < 1.29 is 67.7 Å². The minimum Gasteiger partial charge on any atom is -0.484 e. The number of aliphatic carboxylic acids is 1. The first-order chi connectivity index (χ1) is 35.6. The summed E-state index contributed by atoms with van der Waals surface area (Å²) in [6.45, 7) is 6.32. The number of carboxylic acid groups (broad SMARTS) is 1. The van der Waals surface area contributed by atoms with Gasteiger partial charge in [0.2, 0.25) is 23.6 Å². The van der Waals surface area contributed by atoms with Gasteiger partial charge in [-0.25, -0.2) is 4.79 Å². The van der Waals surface area contributed by atoms with Crippen molar-refractivity contribution in [3.63, 3.8) is 0 Å². The molecule has 2 heterocycles. The highest BCUT2D eigenvalue weighted by atomic mass is 16.5. The van der Waals surface area contributed by atoms with Gasteiger partial charge in [-0.05, 0) is 99.6 Å². The third-order valence-electron chi connectivity index (χ3n) is 12.0. The normalized spacial score (nSPS) is 14.0. The predicted octanol–water partition coefficient (Wildman–Crippen LogP) is 0.813. The molecule has 1 saturated heterocycles. The fourth-order valence-corrected chi connectivity index (χ4v) is 8.12. The molecule has 0 radical (unpaired) electrons. The Balaban J connectivity index is 1.02. The lowest BCUT2D eigenvalue weighted by Gasteiger charge is -2.24. The summed E-state index contributed by atoms with van der Waals surface area (Å²) in [4.78, 5) is 94.1. The van der Waals surface area contributed by atoms with Gasteiger partial charge in [-0.3, -0.25) is 33.8 Å². The second kappa shape index (κ2) is 33.6. The highest BCUT2D eigenvalue weighted by Gasteiger charge is 2.36. The lowest BCUT2D eigenvalue weighted by molar-refractivity contribution is -0.142. The molecule has 23 heteroatoms. The largest absolute Gasteiger partial charge is 0.484 e. The summed E-state index contributed by atoms with van der Waals surface area (Å²) in [7, 11) is -1.65. The highest BCUT2D eigenvalue weighted by molar-refractivity contribution is 6.43. The minimum absolute atomic E-state index is 0.0363. The van der Waals surface area contributed by atoms with Crippen LogP contribution in [0.25, 0.3) is 10.9 Å². The van der Waals surface area contributed by atoms with Crippen LogP contribution < -0.4 is 37.1 Å². The van der Waals surface area contributed by atoms with Gasteiger partial charge in [-0.15, -0.1) is 0 Å². The number of amides is 6. The standard InChI is InChI=1S/C51H75BN8O14/c1-35(2)30-36-11-13-37(14-12-36)31-46(62)55-20-6-4-9-42(51(67)68)59-50(66)41(8-3-5-19-53)58-45(61)18-24-71-26-28-73-29-27-72-25-22-56-47(63)34-74-38-15-16-39-40(17-21-54-43(39)32-38)49(65)57-33-48(64)60-23-7-10-44(60)52(69)70/h11-17,21,32,35,41-42,44,69-70H,3-10,18-20,22-31,33-34,53H2,1-2H3,(H,55,62)(H,56,63)(H,57,65)(H,58,61)(H,59,66)(H,67,68)/t41-,42-,44-/m0/s1. The van der Waals surface area contributed by atoms with Gasteiger partial charge in [0.1, 0.15) is 17.8 Å². The van der Waals surface area contributed by atoms with E-state index in [0.717, 1.165) is 12.0 Å². The lowest BCUT2D eigenvalue weighted by Crippen LogP contribution is -2.51. The number of carbonyl (C=O) groups excluding carboxylic acids is 6. The maximum atomic E-state index is 13.2. The molecule has 0 aliphatic carbocycles. The average Bonchev–Trinajstić information content (AvgIpc) is 3.88. The van der Waals surface area contributed by atoms with E-state index in [4.69, 9.17) is 24.7 Å². The van der Waals surface area contributed by atoms with E-state index in [-0.39, 0.29) is 102 Å². The molecule has 10 N–H and O–H groups in total. The topological polar surface area (TPSA) is 319 Å². The number of hydrogen-bond donors (Lipinski definition) is 9. The summed E-state index contributed by atoms with van der Waals surface area (Å²) in [5.41, 5.74) is 8.49. The summed E-state index contributed by atoms with van der Waals surface area (Å²) in [6.07, 6.45) is 6.29. The van der Waals surface area contributed by atoms with Crippen molar-refractivity contribution in [1.82, 2.24) is 36.5 Å². The molecule has 74 heavy (non-hydrogen) atoms. The zero-order valence-electron chi connectivity index (χ0n) is 42.7. The van der Waals surface area contributed by atoms with Gasteiger partial charge in [-0.1, -0.05) is 38.1 Å². The summed E-state index contributed by atoms with van der Waals surface area (Å²) < 4.78 is 22.1. The number of ether oxygens (including phenoxy) is 4. The molecule has 1 aliphatic rings. The van der Waals surface area contributed by atoms with Crippen LogP contribution in [-0.4, -0.2) is 171 Å². The fourth-order valence-electron chi connectivity index (χ4n) is 8.12. The molecule has 3 aromatic rings. The van der Waals surface area contributed by atoms with E-state index in [1.165, 1.54) is 22.7 Å². The van der Waals surface area contributed by atoms with E-state index < -0.39 is 54.7 Å². The first-order valence-corrected chi connectivity index (χ1v) is 25.5. The number of carbonyl (C=O) groups is 7. The molecule has 1 aromatic heterocycles. The molecule has 22 nitrogen and oxygen atoms in total. The summed E-state index contributed by atoms with van der Waals surface area (Å²) in [5, 5.41) is 42.9. The van der Waals surface area contributed by atoms with E-state index in [2.05, 4.69) is 45.4 Å². The molecular formula is C51H75BN8O14. The van der Waals surface area contributed by atoms with Gasteiger partial charge < -0.3 is 71.3 Å². The number of carboxylic acids is 1. The van der Waals surface area contributed by atoms with Crippen LogP contribution in [0.1, 0.15) is 93.1 Å². The number of nitrogens with zero attached hydrogens (tertiary/aromatic N) is 2. The molecule has 2 aromatic carbocycles. The Morgan fingerprint density at radius 1 is 0.770 bits per heavy atom. The van der Waals surface area contributed by atoms with Crippen molar-refractivity contribution in [3.8, 4) is 5.75 Å². The molecule has 0 saturated carbocycles. The van der Waals surface area contributed by atoms with Crippen LogP contribution in [0.5, 0.6) is 5.75 Å². The Morgan fingerprint density at radius 2 is 1.45 bits per heavy atom. The Kier molecular flexibility index (Phi) is 27.4. The first kappa shape index (κ1) is 60.3. The number of rotatable bonds is 36. The zero-order valence-corrected chi connectivity index (χ0v) is 42.7. The number of fused-ring (bicyclic) bond motifs is 1. The smallest absolute Gasteiger partial charge is 0.475 e. The van der Waals surface area contributed by atoms with Crippen LogP contribution in [0.2, 0.25) is 0 Å². The Bertz CT molecular complexity index is 2260. The number of nitrogens with two attached hydrogens (primary N) is 1. The SMILES string of the molecule is CC(C)Cc1ccc(CC(=O)NCCCC[C@H](NC(=O)[C@H](CCCCN)NC(=O)CCOCCOCCOCCNC(=O)COc2ccc3c(C(=O)NCC(=O)N4CCC[C@H]4B(O)O)ccnc3c2)C(=O)O)cc1. The van der Waals surface area contributed by atoms with E-state index in [1.54, 1.807) is 18.2 Å². The van der Waals surface area contributed by atoms with E-state index in [1.807, 2.05) is 24.3 Å². The van der Waals surface area contributed by atoms with Crippen LogP contribution in [0.15, 0.2) is 54.7 Å². The third kappa shape index (κ3) is 22.5. The van der Waals surface area contributed by atoms with Crippen molar-refractivity contribution >= 4 is 59.4 Å². The Morgan fingerprint density at radius 3 is 2.15 bits per heavy atom. The quantitative estimate of drug-likeness (QED) is 0.0288. The number of pyridine rings is 1. The van der Waals surface area contributed by atoms with Gasteiger partial charge in [0.15, 0.2) is 6.61 Å². The van der Waals surface area contributed by atoms with Crippen LogP contribution in [-0.2, 0) is 55.8 Å². The zero-order chi connectivity index (χ0) is 53.7. The van der Waals surface area contributed by atoms with Crippen molar-refractivity contribution in [2.45, 2.75) is 103 Å². The molecular weight excluding hydrogens is 959 g/mol. The number of benzene rings is 2. The van der Waals surface area contributed by atoms with Gasteiger partial charge in [0.05, 0.1) is 69.6 Å². The molecule has 0 spiro atoms. The molecule has 1 aliphatic heterocycles. The van der Waals surface area contributed by atoms with Gasteiger partial charge >= 0.3 is 13.1 Å². The van der Waals surface area contributed by atoms with Crippen LogP contribution in [0.4, 0.5) is 0 Å². The maximum Gasteiger partial charge on any atom is 0.475 e. The lowest BCUT2D eigenvalue weighted by atomic mass is 9.78. The summed E-state index contributed by atoms with van der Waals surface area (Å²) in [6, 6.07) is 12.2. The number of hydrogen-bond acceptors (Lipinski definition) is 15. The monoisotopic (exact) mass is 1030 g/mol. The van der Waals surface area contributed by atoms with Crippen LogP contribution >= 0.6 is 0 Å². The summed E-state index contributed by atoms with van der Waals surface area (Å²) >= 11 is 0. The second-order valence-corrected chi connectivity index (χ2v) is 18.4. The van der Waals surface area contributed by atoms with E-state index in [0.29, 0.717) is 80.7 Å². The second-order valence-electron chi connectivity index (χ2n) is 18.4. The number of likely N-dealkylation sites (tertiary alicyclic amines) is 1. The molecule has 4 rings (SSSR count). The number of unbranched alkanes of at least 4 members (excludes halogenated alkanes) is 2. The van der Waals surface area contributed by atoms with Gasteiger partial charge in [0, 0.05) is 43.7 Å². The minimum atomic E-state index is -1.65. The molecule has 1 fully saturated rings. The van der Waals surface area contributed by atoms with Crippen molar-refractivity contribution in [1.29, 1.82) is 0 Å². The average molecular weight is 1040 g/mol. The number of aromatic nitrogens is 1. The highest BCUT2D eigenvalue weighted by Crippen LogP contribution is 2.23. The van der Waals surface area contributed by atoms with Gasteiger partial charge in [0.25, 0.3) is 11.8 Å². The molecule has 406 valence electrons. The Hall–Kier alpha value is -6.24. The predicted molar refractivity (Wildman–Crippen MR) is 275 cm³/mol.